The normalized spacial score (nSPS) is 18.6. The van der Waals surface area contributed by atoms with E-state index in [0.29, 0.717) is 17.0 Å². The van der Waals surface area contributed by atoms with Gasteiger partial charge < -0.3 is 15.5 Å². The first-order valence-corrected chi connectivity index (χ1v) is 10.9. The number of anilines is 1. The Morgan fingerprint density at radius 2 is 1.90 bits per heavy atom. The third kappa shape index (κ3) is 4.98. The van der Waals surface area contributed by atoms with E-state index in [-0.39, 0.29) is 17.9 Å². The number of hydrogen-bond donors (Lipinski definition) is 2. The van der Waals surface area contributed by atoms with E-state index in [1.807, 2.05) is 30.3 Å². The Morgan fingerprint density at radius 1 is 1.14 bits per heavy atom. The molecule has 152 valence electrons. The van der Waals surface area contributed by atoms with Crippen LogP contribution < -0.4 is 10.6 Å². The first-order valence-electron chi connectivity index (χ1n) is 9.92. The van der Waals surface area contributed by atoms with E-state index in [1.54, 1.807) is 6.07 Å². The van der Waals surface area contributed by atoms with E-state index in [9.17, 15) is 9.59 Å². The van der Waals surface area contributed by atoms with E-state index in [1.165, 1.54) is 11.8 Å². The number of nitrogens with zero attached hydrogens (tertiary/aromatic N) is 2. The van der Waals surface area contributed by atoms with Crippen LogP contribution in [0.25, 0.3) is 0 Å². The number of thioether (sulfide) groups is 1. The quantitative estimate of drug-likeness (QED) is 0.793. The van der Waals surface area contributed by atoms with Crippen molar-refractivity contribution in [3.8, 4) is 0 Å². The van der Waals surface area contributed by atoms with E-state index < -0.39 is 0 Å². The van der Waals surface area contributed by atoms with Gasteiger partial charge in [0.1, 0.15) is 0 Å². The van der Waals surface area contributed by atoms with Gasteiger partial charge in [0, 0.05) is 43.2 Å². The average molecular weight is 411 g/mol. The van der Waals surface area contributed by atoms with Crippen LogP contribution in [-0.2, 0) is 4.79 Å². The highest BCUT2D eigenvalue weighted by atomic mass is 32.2. The maximum Gasteiger partial charge on any atom is 0.251 e. The monoisotopic (exact) mass is 410 g/mol. The van der Waals surface area contributed by atoms with Crippen molar-refractivity contribution in [3.63, 3.8) is 0 Å². The zero-order chi connectivity index (χ0) is 20.2. The Kier molecular flexibility index (Phi) is 6.18. The van der Waals surface area contributed by atoms with Crippen molar-refractivity contribution in [2.75, 3.05) is 50.8 Å². The lowest BCUT2D eigenvalue weighted by Crippen LogP contribution is -2.47. The SMILES string of the molecule is CN1CCN(CC(NC(=O)c2ccc3c(c2)NC(=O)CS3)c2ccccc2)CC1. The summed E-state index contributed by atoms with van der Waals surface area (Å²) >= 11 is 1.50. The second kappa shape index (κ2) is 8.98. The maximum atomic E-state index is 13.0. The van der Waals surface area contributed by atoms with Crippen molar-refractivity contribution >= 4 is 29.3 Å². The highest BCUT2D eigenvalue weighted by Crippen LogP contribution is 2.32. The molecule has 0 bridgehead atoms. The van der Waals surface area contributed by atoms with Crippen molar-refractivity contribution in [1.82, 2.24) is 15.1 Å². The Labute approximate surface area is 175 Å². The minimum Gasteiger partial charge on any atom is -0.344 e. The molecule has 1 unspecified atom stereocenters. The molecule has 1 atom stereocenters. The summed E-state index contributed by atoms with van der Waals surface area (Å²) in [5, 5.41) is 6.07. The van der Waals surface area contributed by atoms with E-state index in [0.717, 1.165) is 43.2 Å². The Morgan fingerprint density at radius 3 is 2.66 bits per heavy atom. The van der Waals surface area contributed by atoms with Crippen molar-refractivity contribution < 1.29 is 9.59 Å². The molecule has 2 aliphatic rings. The molecular formula is C22H26N4O2S. The van der Waals surface area contributed by atoms with E-state index in [4.69, 9.17) is 0 Å². The van der Waals surface area contributed by atoms with Crippen molar-refractivity contribution in [1.29, 1.82) is 0 Å². The number of piperazine rings is 1. The maximum absolute atomic E-state index is 13.0. The molecule has 2 heterocycles. The highest BCUT2D eigenvalue weighted by molar-refractivity contribution is 8.00. The van der Waals surface area contributed by atoms with Gasteiger partial charge in [0.25, 0.3) is 5.91 Å². The molecule has 0 radical (unpaired) electrons. The van der Waals surface area contributed by atoms with Gasteiger partial charge in [-0.1, -0.05) is 30.3 Å². The standard InChI is InChI=1S/C22H26N4O2S/c1-25-9-11-26(12-10-25)14-19(16-5-3-2-4-6-16)24-22(28)17-7-8-20-18(13-17)23-21(27)15-29-20/h2-8,13,19H,9-12,14-15H2,1H3,(H,23,27)(H,24,28). The van der Waals surface area contributed by atoms with Gasteiger partial charge in [0.2, 0.25) is 5.91 Å². The molecule has 2 N–H and O–H groups in total. The van der Waals surface area contributed by atoms with Gasteiger partial charge in [-0.25, -0.2) is 0 Å². The Bertz CT molecular complexity index is 882. The number of nitrogens with one attached hydrogen (secondary N) is 2. The molecule has 1 saturated heterocycles. The molecule has 0 spiro atoms. The number of benzene rings is 2. The zero-order valence-electron chi connectivity index (χ0n) is 16.6. The minimum absolute atomic E-state index is 0.0303. The predicted octanol–water partition coefficient (Wildman–Crippen LogP) is 2.45. The van der Waals surface area contributed by atoms with Crippen LogP contribution in [0.15, 0.2) is 53.4 Å². The van der Waals surface area contributed by atoms with Crippen molar-refractivity contribution in [2.24, 2.45) is 0 Å². The van der Waals surface area contributed by atoms with Gasteiger partial charge in [-0.15, -0.1) is 11.8 Å². The fourth-order valence-electron chi connectivity index (χ4n) is 3.67. The summed E-state index contributed by atoms with van der Waals surface area (Å²) in [6.07, 6.45) is 0. The third-order valence-corrected chi connectivity index (χ3v) is 6.49. The summed E-state index contributed by atoms with van der Waals surface area (Å²) in [6.45, 7) is 4.85. The molecule has 1 fully saturated rings. The first kappa shape index (κ1) is 19.9. The van der Waals surface area contributed by atoms with Crippen LogP contribution in [0.3, 0.4) is 0 Å². The van der Waals surface area contributed by atoms with Crippen LogP contribution in [0.2, 0.25) is 0 Å². The fourth-order valence-corrected chi connectivity index (χ4v) is 4.46. The molecule has 2 aromatic carbocycles. The third-order valence-electron chi connectivity index (χ3n) is 5.42. The summed E-state index contributed by atoms with van der Waals surface area (Å²) in [5.41, 5.74) is 2.38. The van der Waals surface area contributed by atoms with Crippen LogP contribution in [-0.4, -0.2) is 67.1 Å². The number of carbonyl (C=O) groups excluding carboxylic acids is 2. The minimum atomic E-state index is -0.124. The predicted molar refractivity (Wildman–Crippen MR) is 116 cm³/mol. The summed E-state index contributed by atoms with van der Waals surface area (Å²) in [6, 6.07) is 15.5. The van der Waals surface area contributed by atoms with Gasteiger partial charge >= 0.3 is 0 Å². The number of fused-ring (bicyclic) bond motifs is 1. The second-order valence-corrected chi connectivity index (χ2v) is 8.61. The summed E-state index contributed by atoms with van der Waals surface area (Å²) in [7, 11) is 2.14. The zero-order valence-corrected chi connectivity index (χ0v) is 17.4. The lowest BCUT2D eigenvalue weighted by atomic mass is 10.0. The molecular weight excluding hydrogens is 384 g/mol. The van der Waals surface area contributed by atoms with E-state index >= 15 is 0 Å². The van der Waals surface area contributed by atoms with Gasteiger partial charge in [0.15, 0.2) is 0 Å². The van der Waals surface area contributed by atoms with Gasteiger partial charge in [-0.2, -0.15) is 0 Å². The molecule has 2 aliphatic heterocycles. The average Bonchev–Trinajstić information content (AvgIpc) is 2.74. The summed E-state index contributed by atoms with van der Waals surface area (Å²) in [5.74, 6) is 0.262. The Hall–Kier alpha value is -2.35. The summed E-state index contributed by atoms with van der Waals surface area (Å²) < 4.78 is 0. The van der Waals surface area contributed by atoms with Crippen LogP contribution in [0, 0.1) is 0 Å². The molecule has 2 amide bonds. The smallest absolute Gasteiger partial charge is 0.251 e. The van der Waals surface area contributed by atoms with E-state index in [2.05, 4.69) is 39.6 Å². The molecule has 6 nitrogen and oxygen atoms in total. The van der Waals surface area contributed by atoms with Gasteiger partial charge in [0.05, 0.1) is 17.5 Å². The molecule has 0 saturated carbocycles. The largest absolute Gasteiger partial charge is 0.344 e. The van der Waals surface area contributed by atoms with Gasteiger partial charge in [-0.3, -0.25) is 14.5 Å². The van der Waals surface area contributed by atoms with Crippen molar-refractivity contribution in [3.05, 3.63) is 59.7 Å². The van der Waals surface area contributed by atoms with Crippen molar-refractivity contribution in [2.45, 2.75) is 10.9 Å². The number of likely N-dealkylation sites (N-methyl/N-ethyl adjacent to an activating group) is 1. The summed E-state index contributed by atoms with van der Waals surface area (Å²) in [4.78, 5) is 30.4. The topological polar surface area (TPSA) is 64.7 Å². The number of rotatable bonds is 5. The molecule has 29 heavy (non-hydrogen) atoms. The lowest BCUT2D eigenvalue weighted by Gasteiger charge is -2.35. The molecule has 4 rings (SSSR count). The van der Waals surface area contributed by atoms with Crippen LogP contribution in [0.4, 0.5) is 5.69 Å². The molecule has 0 aliphatic carbocycles. The Balaban J connectivity index is 1.50. The van der Waals surface area contributed by atoms with Crippen LogP contribution in [0.1, 0.15) is 22.0 Å². The molecule has 2 aromatic rings. The number of amides is 2. The van der Waals surface area contributed by atoms with Crippen LogP contribution in [0.5, 0.6) is 0 Å². The number of carbonyl (C=O) groups is 2. The fraction of sp³-hybridized carbons (Fsp3) is 0.364. The first-order chi connectivity index (χ1) is 14.1. The number of hydrogen-bond acceptors (Lipinski definition) is 5. The highest BCUT2D eigenvalue weighted by Gasteiger charge is 2.23. The van der Waals surface area contributed by atoms with Crippen LogP contribution >= 0.6 is 11.8 Å². The molecule has 7 heteroatoms. The molecule has 0 aromatic heterocycles. The lowest BCUT2D eigenvalue weighted by molar-refractivity contribution is -0.113. The second-order valence-electron chi connectivity index (χ2n) is 7.59. The van der Waals surface area contributed by atoms with Gasteiger partial charge in [-0.05, 0) is 30.8 Å².